The Morgan fingerprint density at radius 2 is 1.79 bits per heavy atom. The highest BCUT2D eigenvalue weighted by molar-refractivity contribution is 14.1. The average molecular weight is 453 g/mol. The van der Waals surface area contributed by atoms with E-state index in [0.717, 1.165) is 14.0 Å². The molecule has 4 amide bonds. The van der Waals surface area contributed by atoms with Crippen LogP contribution in [0, 0.1) is 3.57 Å². The van der Waals surface area contributed by atoms with Crippen LogP contribution in [0.1, 0.15) is 5.56 Å². The van der Waals surface area contributed by atoms with Gasteiger partial charge in [-0.05, 0) is 58.5 Å². The predicted octanol–water partition coefficient (Wildman–Crippen LogP) is 3.61. The van der Waals surface area contributed by atoms with Gasteiger partial charge >= 0.3 is 6.03 Å². The van der Waals surface area contributed by atoms with Gasteiger partial charge in [0.2, 0.25) is 0 Å². The van der Waals surface area contributed by atoms with Crippen molar-refractivity contribution >= 4 is 63.8 Å². The van der Waals surface area contributed by atoms with Crippen LogP contribution >= 0.6 is 34.2 Å². The molecule has 7 heteroatoms. The van der Waals surface area contributed by atoms with Crippen LogP contribution in [0.2, 0.25) is 5.02 Å². The van der Waals surface area contributed by atoms with Gasteiger partial charge in [0, 0.05) is 8.59 Å². The summed E-state index contributed by atoms with van der Waals surface area (Å²) in [6.07, 6.45) is 1.48. The normalized spacial score (nSPS) is 16.5. The lowest BCUT2D eigenvalue weighted by Gasteiger charge is -2.26. The van der Waals surface area contributed by atoms with E-state index in [-0.39, 0.29) is 5.57 Å². The fraction of sp³-hybridized carbons (Fsp3) is 0. The molecule has 3 rings (SSSR count). The molecule has 24 heavy (non-hydrogen) atoms. The fourth-order valence-corrected chi connectivity index (χ4v) is 2.98. The number of barbiturate groups is 1. The van der Waals surface area contributed by atoms with Crippen LogP contribution in [-0.4, -0.2) is 17.8 Å². The molecule has 1 aliphatic heterocycles. The van der Waals surface area contributed by atoms with Gasteiger partial charge < -0.3 is 0 Å². The number of nitrogens with one attached hydrogen (secondary N) is 1. The zero-order chi connectivity index (χ0) is 17.3. The first kappa shape index (κ1) is 16.7. The van der Waals surface area contributed by atoms with Gasteiger partial charge in [0.05, 0.1) is 5.69 Å². The maximum Gasteiger partial charge on any atom is 0.335 e. The Hall–Kier alpha value is -2.19. The molecule has 2 aromatic rings. The molecule has 0 bridgehead atoms. The van der Waals surface area contributed by atoms with Crippen molar-refractivity contribution in [2.45, 2.75) is 0 Å². The lowest BCUT2D eigenvalue weighted by molar-refractivity contribution is -0.122. The zero-order valence-electron chi connectivity index (χ0n) is 12.1. The van der Waals surface area contributed by atoms with Crippen molar-refractivity contribution in [2.75, 3.05) is 4.90 Å². The minimum absolute atomic E-state index is 0.112. The number of halogens is 2. The van der Waals surface area contributed by atoms with Gasteiger partial charge in [-0.2, -0.15) is 0 Å². The third kappa shape index (κ3) is 3.20. The molecule has 0 saturated carbocycles. The van der Waals surface area contributed by atoms with Crippen molar-refractivity contribution in [1.29, 1.82) is 0 Å². The van der Waals surface area contributed by atoms with Crippen molar-refractivity contribution in [1.82, 2.24) is 5.32 Å². The lowest BCUT2D eigenvalue weighted by atomic mass is 10.1. The van der Waals surface area contributed by atoms with Crippen LogP contribution in [0.3, 0.4) is 0 Å². The first-order valence-corrected chi connectivity index (χ1v) is 8.34. The van der Waals surface area contributed by atoms with E-state index in [2.05, 4.69) is 27.9 Å². The third-order valence-electron chi connectivity index (χ3n) is 3.37. The van der Waals surface area contributed by atoms with Gasteiger partial charge in [-0.1, -0.05) is 35.9 Å². The molecular weight excluding hydrogens is 443 g/mol. The monoisotopic (exact) mass is 452 g/mol. The second-order valence-electron chi connectivity index (χ2n) is 4.96. The molecule has 0 aliphatic carbocycles. The van der Waals surface area contributed by atoms with Gasteiger partial charge in [0.15, 0.2) is 0 Å². The zero-order valence-corrected chi connectivity index (χ0v) is 15.0. The van der Waals surface area contributed by atoms with Gasteiger partial charge in [-0.25, -0.2) is 9.69 Å². The number of anilines is 1. The van der Waals surface area contributed by atoms with Crippen LogP contribution < -0.4 is 10.2 Å². The molecular formula is C17H10ClIN2O3. The molecule has 0 radical (unpaired) electrons. The van der Waals surface area contributed by atoms with E-state index < -0.39 is 17.8 Å². The number of urea groups is 1. The van der Waals surface area contributed by atoms with Crippen LogP contribution in [0.25, 0.3) is 6.08 Å². The summed E-state index contributed by atoms with van der Waals surface area (Å²) < 4.78 is 0.884. The van der Waals surface area contributed by atoms with Gasteiger partial charge in [-0.3, -0.25) is 14.9 Å². The molecule has 2 aromatic carbocycles. The Bertz CT molecular complexity index is 895. The van der Waals surface area contributed by atoms with Gasteiger partial charge in [-0.15, -0.1) is 0 Å². The summed E-state index contributed by atoms with van der Waals surface area (Å²) in [5.41, 5.74) is 0.904. The quantitative estimate of drug-likeness (QED) is 0.430. The Balaban J connectivity index is 2.05. The Morgan fingerprint density at radius 1 is 1.04 bits per heavy atom. The fourth-order valence-electron chi connectivity index (χ4n) is 2.25. The number of carbonyl (C=O) groups excluding carboxylic acids is 3. The Morgan fingerprint density at radius 3 is 2.50 bits per heavy atom. The molecule has 0 aromatic heterocycles. The van der Waals surface area contributed by atoms with Crippen molar-refractivity contribution < 1.29 is 14.4 Å². The summed E-state index contributed by atoms with van der Waals surface area (Å²) >= 11 is 8.03. The van der Waals surface area contributed by atoms with Gasteiger partial charge in [0.1, 0.15) is 5.57 Å². The number of benzene rings is 2. The number of carbonyl (C=O) groups is 3. The van der Waals surface area contributed by atoms with E-state index in [1.54, 1.807) is 30.3 Å². The highest BCUT2D eigenvalue weighted by Gasteiger charge is 2.36. The molecule has 1 N–H and O–H groups in total. The number of rotatable bonds is 2. The summed E-state index contributed by atoms with van der Waals surface area (Å²) in [7, 11) is 0. The average Bonchev–Trinajstić information content (AvgIpc) is 2.53. The van der Waals surface area contributed by atoms with Gasteiger partial charge in [0.25, 0.3) is 11.8 Å². The van der Waals surface area contributed by atoms with Crippen LogP contribution in [-0.2, 0) is 9.59 Å². The molecule has 0 atom stereocenters. The van der Waals surface area contributed by atoms with Crippen molar-refractivity contribution in [3.05, 3.63) is 68.3 Å². The van der Waals surface area contributed by atoms with E-state index in [1.807, 2.05) is 12.1 Å². The maximum absolute atomic E-state index is 12.7. The second-order valence-corrected chi connectivity index (χ2v) is 6.56. The van der Waals surface area contributed by atoms with E-state index in [1.165, 1.54) is 12.1 Å². The number of hydrogen-bond donors (Lipinski definition) is 1. The van der Waals surface area contributed by atoms with Crippen molar-refractivity contribution in [3.8, 4) is 0 Å². The number of hydrogen-bond acceptors (Lipinski definition) is 3. The predicted molar refractivity (Wildman–Crippen MR) is 99.6 cm³/mol. The highest BCUT2D eigenvalue weighted by atomic mass is 127. The summed E-state index contributed by atoms with van der Waals surface area (Å²) in [4.78, 5) is 37.8. The largest absolute Gasteiger partial charge is 0.335 e. The maximum atomic E-state index is 12.7. The molecule has 1 saturated heterocycles. The SMILES string of the molecule is O=C1NC(=O)N(c2cccc(Cl)c2)C(=O)/C1=C/c1ccccc1I. The lowest BCUT2D eigenvalue weighted by Crippen LogP contribution is -2.54. The summed E-state index contributed by atoms with van der Waals surface area (Å²) in [5, 5.41) is 2.56. The molecule has 1 fully saturated rings. The Labute approximate surface area is 156 Å². The van der Waals surface area contributed by atoms with Crippen LogP contribution in [0.15, 0.2) is 54.1 Å². The smallest absolute Gasteiger partial charge is 0.273 e. The third-order valence-corrected chi connectivity index (χ3v) is 4.59. The molecule has 120 valence electrons. The van der Waals surface area contributed by atoms with Crippen LogP contribution in [0.4, 0.5) is 10.5 Å². The standard InChI is InChI=1S/C17H10ClIN2O3/c18-11-5-3-6-12(9-11)21-16(23)13(15(22)20-17(21)24)8-10-4-1-2-7-14(10)19/h1-9H,(H,20,22,24)/b13-8+. The first-order chi connectivity index (χ1) is 11.5. The second kappa shape index (κ2) is 6.74. The molecule has 1 heterocycles. The van der Waals surface area contributed by atoms with Crippen molar-refractivity contribution in [2.24, 2.45) is 0 Å². The minimum Gasteiger partial charge on any atom is -0.273 e. The molecule has 0 spiro atoms. The number of nitrogens with zero attached hydrogens (tertiary/aromatic N) is 1. The Kier molecular flexibility index (Phi) is 4.68. The van der Waals surface area contributed by atoms with E-state index >= 15 is 0 Å². The highest BCUT2D eigenvalue weighted by Crippen LogP contribution is 2.25. The van der Waals surface area contributed by atoms with E-state index in [4.69, 9.17) is 11.6 Å². The minimum atomic E-state index is -0.799. The summed E-state index contributed by atoms with van der Waals surface area (Å²) in [6, 6.07) is 12.8. The number of amides is 4. The summed E-state index contributed by atoms with van der Waals surface area (Å²) in [5.74, 6) is -1.41. The van der Waals surface area contributed by atoms with Crippen molar-refractivity contribution in [3.63, 3.8) is 0 Å². The molecule has 1 aliphatic rings. The topological polar surface area (TPSA) is 66.5 Å². The molecule has 0 unspecified atom stereocenters. The molecule has 5 nitrogen and oxygen atoms in total. The van der Waals surface area contributed by atoms with E-state index in [9.17, 15) is 14.4 Å². The summed E-state index contributed by atoms with van der Waals surface area (Å²) in [6.45, 7) is 0. The van der Waals surface area contributed by atoms with E-state index in [0.29, 0.717) is 10.7 Å². The van der Waals surface area contributed by atoms with Crippen LogP contribution in [0.5, 0.6) is 0 Å². The first-order valence-electron chi connectivity index (χ1n) is 6.89. The number of imide groups is 2.